The van der Waals surface area contributed by atoms with Gasteiger partial charge in [0.15, 0.2) is 11.6 Å². The number of nitrogens with one attached hydrogen (secondary N) is 1. The van der Waals surface area contributed by atoms with Crippen molar-refractivity contribution >= 4 is 0 Å². The number of ether oxygens (including phenoxy) is 1. The van der Waals surface area contributed by atoms with E-state index in [1.165, 1.54) is 0 Å². The molecule has 2 aromatic heterocycles. The first-order valence-corrected chi connectivity index (χ1v) is 3.83. The van der Waals surface area contributed by atoms with Crippen LogP contribution in [0.25, 0.3) is 11.4 Å². The molecule has 5 heteroatoms. The zero-order valence-electron chi connectivity index (χ0n) is 7.15. The van der Waals surface area contributed by atoms with Gasteiger partial charge >= 0.3 is 0 Å². The van der Waals surface area contributed by atoms with Crippen LogP contribution in [0.3, 0.4) is 0 Å². The van der Waals surface area contributed by atoms with Crippen molar-refractivity contribution < 1.29 is 9.15 Å². The van der Waals surface area contributed by atoms with Crippen molar-refractivity contribution in [3.05, 3.63) is 24.4 Å². The second-order valence-electron chi connectivity index (χ2n) is 2.55. The highest BCUT2D eigenvalue weighted by Crippen LogP contribution is 2.14. The van der Waals surface area contributed by atoms with E-state index in [0.717, 1.165) is 5.56 Å². The van der Waals surface area contributed by atoms with Gasteiger partial charge in [-0.05, 0) is 6.07 Å². The minimum Gasteiger partial charge on any atom is -0.472 e. The molecular weight excluding hydrogens is 170 g/mol. The molecule has 2 aromatic rings. The molecule has 0 saturated carbocycles. The van der Waals surface area contributed by atoms with Gasteiger partial charge in [-0.15, -0.1) is 0 Å². The van der Waals surface area contributed by atoms with Crippen molar-refractivity contribution in [2.75, 3.05) is 7.11 Å². The second-order valence-corrected chi connectivity index (χ2v) is 2.55. The summed E-state index contributed by atoms with van der Waals surface area (Å²) in [5.74, 6) is 1.33. The Bertz CT molecular complexity index is 366. The summed E-state index contributed by atoms with van der Waals surface area (Å²) in [7, 11) is 1.61. The average Bonchev–Trinajstić information content (AvgIpc) is 2.70. The van der Waals surface area contributed by atoms with Crippen molar-refractivity contribution in [3.8, 4) is 11.4 Å². The van der Waals surface area contributed by atoms with Crippen LogP contribution in [-0.2, 0) is 11.3 Å². The summed E-state index contributed by atoms with van der Waals surface area (Å²) < 4.78 is 9.81. The van der Waals surface area contributed by atoms with Crippen LogP contribution in [0.15, 0.2) is 23.0 Å². The van der Waals surface area contributed by atoms with Crippen LogP contribution in [-0.4, -0.2) is 22.3 Å². The van der Waals surface area contributed by atoms with Crippen molar-refractivity contribution in [2.24, 2.45) is 0 Å². The lowest BCUT2D eigenvalue weighted by atomic mass is 10.3. The zero-order chi connectivity index (χ0) is 9.10. The summed E-state index contributed by atoms with van der Waals surface area (Å²) in [5.41, 5.74) is 0.860. The van der Waals surface area contributed by atoms with Gasteiger partial charge in [-0.1, -0.05) is 0 Å². The van der Waals surface area contributed by atoms with Crippen LogP contribution in [0.5, 0.6) is 0 Å². The Morgan fingerprint density at radius 2 is 2.54 bits per heavy atom. The molecule has 0 saturated heterocycles. The summed E-state index contributed by atoms with van der Waals surface area (Å²) in [6, 6.07) is 1.81. The number of rotatable bonds is 3. The van der Waals surface area contributed by atoms with Gasteiger partial charge in [0, 0.05) is 7.11 Å². The molecule has 0 aromatic carbocycles. The molecule has 0 amide bonds. The number of aromatic amines is 1. The Kier molecular flexibility index (Phi) is 2.09. The van der Waals surface area contributed by atoms with E-state index in [4.69, 9.17) is 9.15 Å². The first-order chi connectivity index (χ1) is 6.40. The van der Waals surface area contributed by atoms with Gasteiger partial charge in [0.2, 0.25) is 0 Å². The maximum atomic E-state index is 4.91. The number of hydrogen-bond donors (Lipinski definition) is 1. The van der Waals surface area contributed by atoms with E-state index in [2.05, 4.69) is 15.2 Å². The molecule has 5 nitrogen and oxygen atoms in total. The molecule has 1 N–H and O–H groups in total. The van der Waals surface area contributed by atoms with E-state index in [0.29, 0.717) is 18.3 Å². The Labute approximate surface area is 74.7 Å². The third-order valence-corrected chi connectivity index (χ3v) is 1.59. The number of nitrogens with zero attached hydrogens (tertiary/aromatic N) is 2. The molecule has 2 heterocycles. The van der Waals surface area contributed by atoms with Crippen LogP contribution < -0.4 is 0 Å². The Hall–Kier alpha value is -1.62. The van der Waals surface area contributed by atoms with Crippen molar-refractivity contribution in [3.63, 3.8) is 0 Å². The van der Waals surface area contributed by atoms with Crippen LogP contribution in [0.2, 0.25) is 0 Å². The Morgan fingerprint density at radius 1 is 1.62 bits per heavy atom. The molecule has 0 aliphatic rings. The minimum absolute atomic E-state index is 0.435. The van der Waals surface area contributed by atoms with Gasteiger partial charge in [0.1, 0.15) is 12.9 Å². The summed E-state index contributed by atoms with van der Waals surface area (Å²) in [6.07, 6.45) is 3.18. The van der Waals surface area contributed by atoms with Crippen molar-refractivity contribution in [1.82, 2.24) is 15.2 Å². The fourth-order valence-corrected chi connectivity index (χ4v) is 1.02. The van der Waals surface area contributed by atoms with Crippen LogP contribution in [0.4, 0.5) is 0 Å². The van der Waals surface area contributed by atoms with E-state index in [1.54, 1.807) is 25.7 Å². The predicted molar refractivity (Wildman–Crippen MR) is 44.8 cm³/mol. The monoisotopic (exact) mass is 179 g/mol. The standard InChI is InChI=1S/C8H9N3O2/c1-12-5-7-9-8(11-10-7)6-2-3-13-4-6/h2-4H,5H2,1H3,(H,9,10,11). The normalized spacial score (nSPS) is 10.5. The summed E-state index contributed by atoms with van der Waals surface area (Å²) >= 11 is 0. The Balaban J connectivity index is 2.23. The second kappa shape index (κ2) is 3.40. The van der Waals surface area contributed by atoms with Gasteiger partial charge in [-0.3, -0.25) is 5.10 Å². The molecule has 0 atom stereocenters. The van der Waals surface area contributed by atoms with Gasteiger partial charge < -0.3 is 9.15 Å². The minimum atomic E-state index is 0.435. The van der Waals surface area contributed by atoms with Gasteiger partial charge in [-0.2, -0.15) is 5.10 Å². The van der Waals surface area contributed by atoms with Crippen molar-refractivity contribution in [1.29, 1.82) is 0 Å². The predicted octanol–water partition coefficient (Wildman–Crippen LogP) is 1.21. The molecule has 0 spiro atoms. The average molecular weight is 179 g/mol. The van der Waals surface area contributed by atoms with Crippen LogP contribution in [0, 0.1) is 0 Å². The van der Waals surface area contributed by atoms with E-state index in [1.807, 2.05) is 0 Å². The molecule has 0 aliphatic carbocycles. The quantitative estimate of drug-likeness (QED) is 0.769. The topological polar surface area (TPSA) is 63.9 Å². The van der Waals surface area contributed by atoms with E-state index >= 15 is 0 Å². The van der Waals surface area contributed by atoms with E-state index in [9.17, 15) is 0 Å². The first-order valence-electron chi connectivity index (χ1n) is 3.83. The van der Waals surface area contributed by atoms with E-state index < -0.39 is 0 Å². The zero-order valence-corrected chi connectivity index (χ0v) is 7.15. The lowest BCUT2D eigenvalue weighted by Crippen LogP contribution is -1.89. The third kappa shape index (κ3) is 1.59. The largest absolute Gasteiger partial charge is 0.472 e. The van der Waals surface area contributed by atoms with E-state index in [-0.39, 0.29) is 0 Å². The van der Waals surface area contributed by atoms with Gasteiger partial charge in [-0.25, -0.2) is 4.98 Å². The number of hydrogen-bond acceptors (Lipinski definition) is 4. The first kappa shape index (κ1) is 8.00. The van der Waals surface area contributed by atoms with Crippen LogP contribution >= 0.6 is 0 Å². The summed E-state index contributed by atoms with van der Waals surface area (Å²) in [4.78, 5) is 4.19. The molecular formula is C8H9N3O2. The summed E-state index contributed by atoms with van der Waals surface area (Å²) in [6.45, 7) is 0.435. The fraction of sp³-hybridized carbons (Fsp3) is 0.250. The highest BCUT2D eigenvalue weighted by molar-refractivity contribution is 5.51. The molecule has 68 valence electrons. The lowest BCUT2D eigenvalue weighted by molar-refractivity contribution is 0.178. The fourth-order valence-electron chi connectivity index (χ4n) is 1.02. The molecule has 13 heavy (non-hydrogen) atoms. The number of aromatic nitrogens is 3. The lowest BCUT2D eigenvalue weighted by Gasteiger charge is -1.88. The highest BCUT2D eigenvalue weighted by atomic mass is 16.5. The smallest absolute Gasteiger partial charge is 0.184 e. The number of H-pyrrole nitrogens is 1. The highest BCUT2D eigenvalue weighted by Gasteiger charge is 2.05. The Morgan fingerprint density at radius 3 is 3.23 bits per heavy atom. The van der Waals surface area contributed by atoms with Crippen LogP contribution in [0.1, 0.15) is 5.82 Å². The molecule has 0 radical (unpaired) electrons. The molecule has 0 unspecified atom stereocenters. The van der Waals surface area contributed by atoms with Crippen molar-refractivity contribution in [2.45, 2.75) is 6.61 Å². The molecule has 0 aliphatic heterocycles. The molecule has 0 bridgehead atoms. The number of methoxy groups -OCH3 is 1. The SMILES string of the molecule is COCc1nc(-c2ccoc2)n[nH]1. The molecule has 2 rings (SSSR count). The maximum Gasteiger partial charge on any atom is 0.184 e. The number of furan rings is 1. The summed E-state index contributed by atoms with van der Waals surface area (Å²) in [5, 5.41) is 6.77. The van der Waals surface area contributed by atoms with Gasteiger partial charge in [0.25, 0.3) is 0 Å². The maximum absolute atomic E-state index is 4.91. The van der Waals surface area contributed by atoms with Gasteiger partial charge in [0.05, 0.1) is 11.8 Å². The molecule has 0 fully saturated rings. The third-order valence-electron chi connectivity index (χ3n) is 1.59.